The highest BCUT2D eigenvalue weighted by Gasteiger charge is 2.25. The number of carbonyl (C=O) groups excluding carboxylic acids is 1. The molecule has 26 heavy (non-hydrogen) atoms. The van der Waals surface area contributed by atoms with Gasteiger partial charge in [0.15, 0.2) is 0 Å². The molecule has 0 spiro atoms. The van der Waals surface area contributed by atoms with Crippen LogP contribution in [0.1, 0.15) is 18.4 Å². The molecule has 2 aliphatic rings. The Morgan fingerprint density at radius 1 is 0.962 bits per heavy atom. The Balaban J connectivity index is 0.00000169. The summed E-state index contributed by atoms with van der Waals surface area (Å²) in [6.07, 6.45) is 2.15. The molecule has 2 fully saturated rings. The monoisotopic (exact) mass is 402 g/mol. The predicted molar refractivity (Wildman–Crippen MR) is 111 cm³/mol. The molecule has 0 saturated carbocycles. The second-order valence-electron chi connectivity index (χ2n) is 6.98. The number of hydrogen-bond acceptors (Lipinski definition) is 4. The largest absolute Gasteiger partial charge is 0.341 e. The predicted octanol–water partition coefficient (Wildman–Crippen LogP) is 1.86. The quantitative estimate of drug-likeness (QED) is 0.815. The number of benzene rings is 1. The normalized spacial score (nSPS) is 19.5. The zero-order valence-electron chi connectivity index (χ0n) is 15.6. The Morgan fingerprint density at radius 3 is 2.12 bits per heavy atom. The highest BCUT2D eigenvalue weighted by atomic mass is 35.5. The summed E-state index contributed by atoms with van der Waals surface area (Å²) in [5, 5.41) is 3.32. The fourth-order valence-electron chi connectivity index (χ4n) is 3.66. The van der Waals surface area contributed by atoms with Crippen LogP contribution in [-0.2, 0) is 11.3 Å². The lowest BCUT2D eigenvalue weighted by molar-refractivity contribution is -0.134. The highest BCUT2D eigenvalue weighted by molar-refractivity contribution is 5.85. The van der Waals surface area contributed by atoms with Gasteiger partial charge < -0.3 is 10.2 Å². The molecular weight excluding hydrogens is 371 g/mol. The summed E-state index contributed by atoms with van der Waals surface area (Å²) in [5.74, 6) is 0.307. The van der Waals surface area contributed by atoms with Crippen LogP contribution in [0, 0.1) is 0 Å². The van der Waals surface area contributed by atoms with Crippen LogP contribution in [0.25, 0.3) is 0 Å². The maximum atomic E-state index is 12.5. The Hall–Kier alpha value is -0.850. The van der Waals surface area contributed by atoms with Crippen LogP contribution >= 0.6 is 24.8 Å². The van der Waals surface area contributed by atoms with E-state index in [2.05, 4.69) is 45.4 Å². The van der Waals surface area contributed by atoms with E-state index in [0.717, 1.165) is 58.7 Å². The smallest absolute Gasteiger partial charge is 0.236 e. The summed E-state index contributed by atoms with van der Waals surface area (Å²) in [5.41, 5.74) is 1.37. The number of halogens is 2. The molecule has 1 N–H and O–H groups in total. The van der Waals surface area contributed by atoms with Crippen LogP contribution in [-0.4, -0.2) is 79.5 Å². The zero-order valence-corrected chi connectivity index (χ0v) is 17.2. The van der Waals surface area contributed by atoms with E-state index in [1.165, 1.54) is 5.56 Å². The molecular formula is C19H32Cl2N4O. The molecule has 5 nitrogen and oxygen atoms in total. The Labute approximate surface area is 169 Å². The highest BCUT2D eigenvalue weighted by Crippen LogP contribution is 2.12. The first-order chi connectivity index (χ1) is 11.7. The minimum Gasteiger partial charge on any atom is -0.341 e. The van der Waals surface area contributed by atoms with Crippen LogP contribution in [0.5, 0.6) is 0 Å². The van der Waals surface area contributed by atoms with E-state index in [4.69, 9.17) is 0 Å². The van der Waals surface area contributed by atoms with Gasteiger partial charge in [0.2, 0.25) is 5.91 Å². The van der Waals surface area contributed by atoms with Crippen LogP contribution in [0.3, 0.4) is 0 Å². The average molecular weight is 403 g/mol. The number of likely N-dealkylation sites (tertiary alicyclic amines) is 1. The molecule has 0 aromatic heterocycles. The van der Waals surface area contributed by atoms with Gasteiger partial charge in [-0.2, -0.15) is 0 Å². The minimum absolute atomic E-state index is 0. The molecule has 0 unspecified atom stereocenters. The summed E-state index contributed by atoms with van der Waals surface area (Å²) in [6.45, 7) is 7.48. The SMILES string of the molecule is CNC1CCN(C(=O)CN2CCN(Cc3ccccc3)CC2)CC1.Cl.Cl. The second-order valence-corrected chi connectivity index (χ2v) is 6.98. The van der Waals surface area contributed by atoms with E-state index in [-0.39, 0.29) is 24.8 Å². The van der Waals surface area contributed by atoms with Crippen molar-refractivity contribution in [3.05, 3.63) is 35.9 Å². The molecule has 0 aliphatic carbocycles. The molecule has 7 heteroatoms. The second kappa shape index (κ2) is 11.8. The van der Waals surface area contributed by atoms with Crippen molar-refractivity contribution in [2.75, 3.05) is 52.9 Å². The van der Waals surface area contributed by atoms with E-state index in [1.807, 2.05) is 11.9 Å². The van der Waals surface area contributed by atoms with Gasteiger partial charge in [0.25, 0.3) is 0 Å². The maximum absolute atomic E-state index is 12.5. The van der Waals surface area contributed by atoms with Gasteiger partial charge in [-0.25, -0.2) is 0 Å². The van der Waals surface area contributed by atoms with Gasteiger partial charge in [0.05, 0.1) is 6.54 Å². The number of carbonyl (C=O) groups is 1. The Bertz CT molecular complexity index is 516. The first-order valence-corrected chi connectivity index (χ1v) is 9.18. The first-order valence-electron chi connectivity index (χ1n) is 9.18. The molecule has 1 amide bonds. The number of piperidine rings is 1. The molecule has 0 radical (unpaired) electrons. The Morgan fingerprint density at radius 2 is 1.54 bits per heavy atom. The van der Waals surface area contributed by atoms with Crippen molar-refractivity contribution in [2.45, 2.75) is 25.4 Å². The molecule has 2 saturated heterocycles. The molecule has 3 rings (SSSR count). The van der Waals surface area contributed by atoms with Crippen molar-refractivity contribution in [2.24, 2.45) is 0 Å². The number of piperazine rings is 1. The number of nitrogens with one attached hydrogen (secondary N) is 1. The number of hydrogen-bond donors (Lipinski definition) is 1. The number of nitrogens with zero attached hydrogens (tertiary/aromatic N) is 3. The molecule has 2 aliphatic heterocycles. The van der Waals surface area contributed by atoms with E-state index < -0.39 is 0 Å². The van der Waals surface area contributed by atoms with Crippen LogP contribution in [0.2, 0.25) is 0 Å². The summed E-state index contributed by atoms with van der Waals surface area (Å²) in [7, 11) is 2.01. The maximum Gasteiger partial charge on any atom is 0.236 e. The van der Waals surface area contributed by atoms with Crippen LogP contribution in [0.4, 0.5) is 0 Å². The van der Waals surface area contributed by atoms with Crippen molar-refractivity contribution in [3.8, 4) is 0 Å². The van der Waals surface area contributed by atoms with Crippen LogP contribution in [0.15, 0.2) is 30.3 Å². The van der Waals surface area contributed by atoms with Crippen molar-refractivity contribution in [1.82, 2.24) is 20.0 Å². The lowest BCUT2D eigenvalue weighted by atomic mass is 10.1. The molecule has 2 heterocycles. The standard InChI is InChI=1S/C19H30N4O.2ClH/c1-20-18-7-9-23(10-8-18)19(24)16-22-13-11-21(12-14-22)15-17-5-3-2-4-6-17;;/h2-6,18,20H,7-16H2,1H3;2*1H. The zero-order chi connectivity index (χ0) is 16.8. The molecule has 0 atom stereocenters. The molecule has 1 aromatic rings. The van der Waals surface area contributed by atoms with Gasteiger partial charge in [-0.1, -0.05) is 30.3 Å². The third kappa shape index (κ3) is 6.71. The fourth-order valence-corrected chi connectivity index (χ4v) is 3.66. The third-order valence-corrected chi connectivity index (χ3v) is 5.33. The summed E-state index contributed by atoms with van der Waals surface area (Å²) in [6, 6.07) is 11.2. The molecule has 148 valence electrons. The van der Waals surface area contributed by atoms with Crippen LogP contribution < -0.4 is 5.32 Å². The van der Waals surface area contributed by atoms with Gasteiger partial charge in [-0.05, 0) is 25.5 Å². The van der Waals surface area contributed by atoms with E-state index in [1.54, 1.807) is 0 Å². The summed E-state index contributed by atoms with van der Waals surface area (Å²) in [4.78, 5) is 19.3. The van der Waals surface area contributed by atoms with Crippen molar-refractivity contribution >= 4 is 30.7 Å². The minimum atomic E-state index is 0. The number of rotatable bonds is 5. The molecule has 0 bridgehead atoms. The van der Waals surface area contributed by atoms with Gasteiger partial charge in [-0.15, -0.1) is 24.8 Å². The fraction of sp³-hybridized carbons (Fsp3) is 0.632. The van der Waals surface area contributed by atoms with E-state index in [0.29, 0.717) is 18.5 Å². The van der Waals surface area contributed by atoms with Gasteiger partial charge >= 0.3 is 0 Å². The van der Waals surface area contributed by atoms with Gasteiger partial charge in [0, 0.05) is 51.9 Å². The van der Waals surface area contributed by atoms with E-state index in [9.17, 15) is 4.79 Å². The average Bonchev–Trinajstić information content (AvgIpc) is 2.64. The van der Waals surface area contributed by atoms with Crippen molar-refractivity contribution in [1.29, 1.82) is 0 Å². The summed E-state index contributed by atoms with van der Waals surface area (Å²) >= 11 is 0. The third-order valence-electron chi connectivity index (χ3n) is 5.33. The van der Waals surface area contributed by atoms with Gasteiger partial charge in [-0.3, -0.25) is 14.6 Å². The summed E-state index contributed by atoms with van der Waals surface area (Å²) < 4.78 is 0. The van der Waals surface area contributed by atoms with Crippen molar-refractivity contribution < 1.29 is 4.79 Å². The van der Waals surface area contributed by atoms with Gasteiger partial charge in [0.1, 0.15) is 0 Å². The topological polar surface area (TPSA) is 38.8 Å². The van der Waals surface area contributed by atoms with E-state index >= 15 is 0 Å². The Kier molecular flexibility index (Phi) is 10.5. The van der Waals surface area contributed by atoms with Crippen molar-refractivity contribution in [3.63, 3.8) is 0 Å². The number of amides is 1. The first kappa shape index (κ1) is 23.2. The lowest BCUT2D eigenvalue weighted by Crippen LogP contribution is -2.51. The lowest BCUT2D eigenvalue weighted by Gasteiger charge is -2.37. The molecule has 1 aromatic carbocycles.